The van der Waals surface area contributed by atoms with Crippen LogP contribution < -0.4 is 19.1 Å². The van der Waals surface area contributed by atoms with E-state index in [1.54, 1.807) is 55.6 Å². The first kappa shape index (κ1) is 23.6. The van der Waals surface area contributed by atoms with Gasteiger partial charge in [-0.05, 0) is 55.3 Å². The van der Waals surface area contributed by atoms with E-state index < -0.39 is 16.1 Å². The zero-order chi connectivity index (χ0) is 24.3. The van der Waals surface area contributed by atoms with Crippen molar-refractivity contribution in [1.29, 1.82) is 0 Å². The molecule has 0 unspecified atom stereocenters. The van der Waals surface area contributed by atoms with Crippen LogP contribution in [0.4, 0.5) is 5.69 Å². The van der Waals surface area contributed by atoms with E-state index in [2.05, 4.69) is 5.32 Å². The lowest BCUT2D eigenvalue weighted by atomic mass is 10.0. The maximum Gasteiger partial charge on any atom is 0.264 e. The Bertz CT molecular complexity index is 1260. The number of nitrogens with zero attached hydrogens (tertiary/aromatic N) is 1. The summed E-state index contributed by atoms with van der Waals surface area (Å²) in [5.74, 6) is 0.706. The molecular formula is C26H28N2O5S. The number of hydrogen-bond acceptors (Lipinski definition) is 5. The van der Waals surface area contributed by atoms with Crippen LogP contribution in [0.5, 0.6) is 11.5 Å². The number of sulfonamides is 1. The second-order valence-corrected chi connectivity index (χ2v) is 10.0. The number of fused-ring (bicyclic) bond motifs is 1. The number of amides is 1. The predicted octanol–water partition coefficient (Wildman–Crippen LogP) is 4.23. The second-order valence-electron chi connectivity index (χ2n) is 8.17. The molecule has 3 aromatic carbocycles. The Morgan fingerprint density at radius 2 is 1.76 bits per heavy atom. The Hall–Kier alpha value is -3.52. The number of hydrogen-bond donors (Lipinski definition) is 1. The highest BCUT2D eigenvalue weighted by Gasteiger charge is 2.38. The molecule has 0 fully saturated rings. The molecule has 34 heavy (non-hydrogen) atoms. The maximum atomic E-state index is 13.5. The van der Waals surface area contributed by atoms with Gasteiger partial charge in [-0.15, -0.1) is 0 Å². The number of aryl methyl sites for hydroxylation is 1. The minimum absolute atomic E-state index is 0.127. The van der Waals surface area contributed by atoms with Crippen LogP contribution in [0, 0.1) is 6.92 Å². The molecule has 1 aliphatic rings. The third-order valence-electron chi connectivity index (χ3n) is 5.88. The zero-order valence-electron chi connectivity index (χ0n) is 19.4. The number of carbonyl (C=O) groups is 1. The van der Waals surface area contributed by atoms with E-state index in [1.165, 1.54) is 4.31 Å². The average molecular weight is 481 g/mol. The highest BCUT2D eigenvalue weighted by atomic mass is 32.2. The van der Waals surface area contributed by atoms with Gasteiger partial charge in [0.1, 0.15) is 11.5 Å². The summed E-state index contributed by atoms with van der Waals surface area (Å²) >= 11 is 0. The van der Waals surface area contributed by atoms with Crippen molar-refractivity contribution >= 4 is 21.6 Å². The molecule has 0 spiro atoms. The van der Waals surface area contributed by atoms with Gasteiger partial charge >= 0.3 is 0 Å². The summed E-state index contributed by atoms with van der Waals surface area (Å²) < 4.78 is 39.5. The molecule has 4 rings (SSSR count). The molecule has 7 nitrogen and oxygen atoms in total. The fourth-order valence-electron chi connectivity index (χ4n) is 3.93. The summed E-state index contributed by atoms with van der Waals surface area (Å²) in [6.45, 7) is 3.74. The van der Waals surface area contributed by atoms with Crippen molar-refractivity contribution in [2.24, 2.45) is 0 Å². The summed E-state index contributed by atoms with van der Waals surface area (Å²) in [4.78, 5) is 13.4. The molecule has 0 radical (unpaired) electrons. The third kappa shape index (κ3) is 4.72. The van der Waals surface area contributed by atoms with Crippen LogP contribution in [0.15, 0.2) is 77.7 Å². The standard InChI is InChI=1S/C26H28N2O5S/c1-4-22(19-11-13-20(32-3)14-12-19)27-26(29)25-17-28(23-7-5-6-8-24(23)33-25)34(30,31)21-15-9-18(2)10-16-21/h5-16,22,25H,4,17H2,1-3H3,(H,27,29)/t22-,25+/m1/s1. The van der Waals surface area contributed by atoms with E-state index in [1.807, 2.05) is 38.1 Å². The summed E-state index contributed by atoms with van der Waals surface area (Å²) in [6, 6.07) is 20.8. The van der Waals surface area contributed by atoms with Gasteiger partial charge in [0, 0.05) is 0 Å². The Morgan fingerprint density at radius 1 is 1.09 bits per heavy atom. The highest BCUT2D eigenvalue weighted by Crippen LogP contribution is 2.37. The molecule has 0 aromatic heterocycles. The fraction of sp³-hybridized carbons (Fsp3) is 0.269. The van der Waals surface area contributed by atoms with Crippen LogP contribution in [-0.2, 0) is 14.8 Å². The number of benzene rings is 3. The number of methoxy groups -OCH3 is 1. The van der Waals surface area contributed by atoms with Gasteiger partial charge in [0.2, 0.25) is 0 Å². The fourth-order valence-corrected chi connectivity index (χ4v) is 5.40. The van der Waals surface area contributed by atoms with Gasteiger partial charge in [-0.25, -0.2) is 8.42 Å². The number of ether oxygens (including phenoxy) is 2. The molecule has 0 saturated heterocycles. The third-order valence-corrected chi connectivity index (χ3v) is 7.67. The van der Waals surface area contributed by atoms with Crippen molar-refractivity contribution in [3.05, 3.63) is 83.9 Å². The van der Waals surface area contributed by atoms with Gasteiger partial charge in [0.15, 0.2) is 6.10 Å². The molecule has 2 atom stereocenters. The molecule has 3 aromatic rings. The van der Waals surface area contributed by atoms with Gasteiger partial charge in [-0.2, -0.15) is 0 Å². The Labute approximate surface area is 200 Å². The summed E-state index contributed by atoms with van der Waals surface area (Å²) in [6.07, 6.45) is -0.338. The van der Waals surface area contributed by atoms with Crippen LogP contribution >= 0.6 is 0 Å². The molecule has 0 saturated carbocycles. The molecule has 0 aliphatic carbocycles. The largest absolute Gasteiger partial charge is 0.497 e. The van der Waals surface area contributed by atoms with Crippen molar-refractivity contribution < 1.29 is 22.7 Å². The van der Waals surface area contributed by atoms with Gasteiger partial charge < -0.3 is 14.8 Å². The minimum Gasteiger partial charge on any atom is -0.497 e. The lowest BCUT2D eigenvalue weighted by Gasteiger charge is -2.35. The SMILES string of the molecule is CC[C@@H](NC(=O)[C@@H]1CN(S(=O)(=O)c2ccc(C)cc2)c2ccccc2O1)c1ccc(OC)cc1. The number of para-hydroxylation sites is 2. The van der Waals surface area contributed by atoms with Gasteiger partial charge in [-0.1, -0.05) is 48.9 Å². The van der Waals surface area contributed by atoms with Crippen molar-refractivity contribution in [3.8, 4) is 11.5 Å². The number of anilines is 1. The Morgan fingerprint density at radius 3 is 2.41 bits per heavy atom. The second kappa shape index (κ2) is 9.77. The lowest BCUT2D eigenvalue weighted by molar-refractivity contribution is -0.128. The van der Waals surface area contributed by atoms with E-state index in [0.717, 1.165) is 16.9 Å². The molecule has 1 heterocycles. The topological polar surface area (TPSA) is 84.9 Å². The van der Waals surface area contributed by atoms with Crippen molar-refractivity contribution in [2.75, 3.05) is 18.0 Å². The number of carbonyl (C=O) groups excluding carboxylic acids is 1. The van der Waals surface area contributed by atoms with Gasteiger partial charge in [0.05, 0.1) is 30.3 Å². The first-order valence-electron chi connectivity index (χ1n) is 11.1. The van der Waals surface area contributed by atoms with E-state index >= 15 is 0 Å². The van der Waals surface area contributed by atoms with Crippen LogP contribution in [0.1, 0.15) is 30.5 Å². The van der Waals surface area contributed by atoms with Gasteiger partial charge in [0.25, 0.3) is 15.9 Å². The quantitative estimate of drug-likeness (QED) is 0.547. The minimum atomic E-state index is -3.89. The first-order chi connectivity index (χ1) is 16.3. The van der Waals surface area contributed by atoms with Crippen molar-refractivity contribution in [2.45, 2.75) is 37.3 Å². The normalized spacial score (nSPS) is 16.2. The molecular weight excluding hydrogens is 452 g/mol. The van der Waals surface area contributed by atoms with Crippen molar-refractivity contribution in [3.63, 3.8) is 0 Å². The number of nitrogens with one attached hydrogen (secondary N) is 1. The van der Waals surface area contributed by atoms with Crippen LogP contribution in [0.25, 0.3) is 0 Å². The first-order valence-corrected chi connectivity index (χ1v) is 12.6. The highest BCUT2D eigenvalue weighted by molar-refractivity contribution is 7.92. The molecule has 178 valence electrons. The molecule has 8 heteroatoms. The smallest absolute Gasteiger partial charge is 0.264 e. The Balaban J connectivity index is 1.60. The summed E-state index contributed by atoms with van der Waals surface area (Å²) in [5.41, 5.74) is 2.30. The monoisotopic (exact) mass is 480 g/mol. The van der Waals surface area contributed by atoms with E-state index in [9.17, 15) is 13.2 Å². The summed E-state index contributed by atoms with van der Waals surface area (Å²) in [5, 5.41) is 3.01. The average Bonchev–Trinajstić information content (AvgIpc) is 2.86. The maximum absolute atomic E-state index is 13.5. The van der Waals surface area contributed by atoms with Crippen LogP contribution in [0.3, 0.4) is 0 Å². The zero-order valence-corrected chi connectivity index (χ0v) is 20.2. The predicted molar refractivity (Wildman–Crippen MR) is 131 cm³/mol. The molecule has 1 aliphatic heterocycles. The summed E-state index contributed by atoms with van der Waals surface area (Å²) in [7, 11) is -2.29. The Kier molecular flexibility index (Phi) is 6.79. The lowest BCUT2D eigenvalue weighted by Crippen LogP contribution is -2.51. The van der Waals surface area contributed by atoms with E-state index in [4.69, 9.17) is 9.47 Å². The number of rotatable bonds is 7. The molecule has 1 N–H and O–H groups in total. The van der Waals surface area contributed by atoms with E-state index in [-0.39, 0.29) is 23.4 Å². The van der Waals surface area contributed by atoms with Crippen LogP contribution in [0.2, 0.25) is 0 Å². The van der Waals surface area contributed by atoms with Crippen LogP contribution in [-0.4, -0.2) is 34.1 Å². The van der Waals surface area contributed by atoms with Gasteiger partial charge in [-0.3, -0.25) is 9.10 Å². The molecule has 0 bridgehead atoms. The van der Waals surface area contributed by atoms with Crippen molar-refractivity contribution in [1.82, 2.24) is 5.32 Å². The molecule has 1 amide bonds. The van der Waals surface area contributed by atoms with E-state index in [0.29, 0.717) is 17.9 Å².